The fourth-order valence-corrected chi connectivity index (χ4v) is 4.80. The summed E-state index contributed by atoms with van der Waals surface area (Å²) in [7, 11) is 0. The number of carbonyl (C=O) groups excluding carboxylic acids is 6. The number of hydrogen-bond acceptors (Lipinski definition) is 8. The Hall–Kier alpha value is -3.26. The van der Waals surface area contributed by atoms with Crippen LogP contribution >= 0.6 is 0 Å². The highest BCUT2D eigenvalue weighted by atomic mass is 16.2. The second-order valence-electron chi connectivity index (χ2n) is 9.45. The molecule has 0 spiro atoms. The van der Waals surface area contributed by atoms with E-state index in [9.17, 15) is 28.8 Å². The molecule has 4 fully saturated rings. The zero-order valence-corrected chi connectivity index (χ0v) is 20.3. The molecule has 8 N–H and O–H groups in total. The molecular formula is C22H36N8O6. The summed E-state index contributed by atoms with van der Waals surface area (Å²) in [5.41, 5.74) is 10.1. The molecule has 0 aromatic heterocycles. The molecule has 0 aliphatic carbocycles. The molecule has 0 aromatic rings. The molecule has 0 aromatic carbocycles. The lowest BCUT2D eigenvalue weighted by Crippen LogP contribution is -2.48. The van der Waals surface area contributed by atoms with E-state index in [2.05, 4.69) is 21.3 Å². The predicted molar refractivity (Wildman–Crippen MR) is 127 cm³/mol. The number of likely N-dealkylation sites (tertiary alicyclic amines) is 2. The van der Waals surface area contributed by atoms with Crippen LogP contribution in [0, 0.1) is 0 Å². The molecule has 0 bridgehead atoms. The van der Waals surface area contributed by atoms with Crippen LogP contribution in [0.15, 0.2) is 0 Å². The minimum atomic E-state index is -0.534. The van der Waals surface area contributed by atoms with E-state index in [1.165, 1.54) is 9.80 Å². The summed E-state index contributed by atoms with van der Waals surface area (Å²) < 4.78 is 0. The fraction of sp³-hybridized carbons (Fsp3) is 0.727. The second-order valence-corrected chi connectivity index (χ2v) is 9.45. The summed E-state index contributed by atoms with van der Waals surface area (Å²) in [6.07, 6.45) is 4.62. The van der Waals surface area contributed by atoms with Crippen molar-refractivity contribution < 1.29 is 28.8 Å². The number of nitrogens with zero attached hydrogens (tertiary/aromatic N) is 2. The van der Waals surface area contributed by atoms with E-state index in [1.54, 1.807) is 0 Å². The standard InChI is InChI=1S/2C11H18N4O3/c2*12-9(16)6-15-5-3-8(11(15)18)14-10(17)7-2-1-4-13-7/h2*7-8,13H,1-6H2,(H2,12,16)(H,14,17)/t2*7-,8+/m00/s1. The number of primary amides is 2. The number of amides is 6. The largest absolute Gasteiger partial charge is 0.368 e. The molecule has 6 amide bonds. The highest BCUT2D eigenvalue weighted by Gasteiger charge is 2.36. The van der Waals surface area contributed by atoms with Crippen molar-refractivity contribution in [2.45, 2.75) is 62.7 Å². The Bertz CT molecular complexity index is 801. The van der Waals surface area contributed by atoms with E-state index in [0.29, 0.717) is 25.9 Å². The molecule has 0 unspecified atom stereocenters. The van der Waals surface area contributed by atoms with Crippen molar-refractivity contribution in [2.24, 2.45) is 11.5 Å². The summed E-state index contributed by atoms with van der Waals surface area (Å²) in [4.78, 5) is 71.7. The monoisotopic (exact) mass is 508 g/mol. The summed E-state index contributed by atoms with van der Waals surface area (Å²) in [6, 6.07) is -1.41. The van der Waals surface area contributed by atoms with Crippen molar-refractivity contribution in [3.05, 3.63) is 0 Å². The Morgan fingerprint density at radius 1 is 0.722 bits per heavy atom. The van der Waals surface area contributed by atoms with Gasteiger partial charge in [0.05, 0.1) is 25.2 Å². The molecule has 4 saturated heterocycles. The SMILES string of the molecule is NC(=O)CN1CC[C@@H](NC(=O)[C@@H]2CCCN2)C1=O.NC(=O)CN1CC[C@@H](NC(=O)[C@@H]2CCCN2)C1=O. The first kappa shape index (κ1) is 27.3. The molecular weight excluding hydrogens is 472 g/mol. The van der Waals surface area contributed by atoms with Gasteiger partial charge < -0.3 is 42.5 Å². The van der Waals surface area contributed by atoms with Gasteiger partial charge in [-0.2, -0.15) is 0 Å². The first-order valence-electron chi connectivity index (χ1n) is 12.4. The smallest absolute Gasteiger partial charge is 0.245 e. The molecule has 4 rings (SSSR count). The Morgan fingerprint density at radius 2 is 1.11 bits per heavy atom. The van der Waals surface area contributed by atoms with E-state index >= 15 is 0 Å². The van der Waals surface area contributed by atoms with Gasteiger partial charge in [0.1, 0.15) is 12.1 Å². The molecule has 14 heteroatoms. The highest BCUT2D eigenvalue weighted by molar-refractivity contribution is 5.94. The van der Waals surface area contributed by atoms with Crippen LogP contribution in [0.1, 0.15) is 38.5 Å². The van der Waals surface area contributed by atoms with Gasteiger partial charge >= 0.3 is 0 Å². The molecule has 4 heterocycles. The van der Waals surface area contributed by atoms with E-state index in [1.807, 2.05) is 0 Å². The van der Waals surface area contributed by atoms with Crippen LogP contribution in [0.2, 0.25) is 0 Å². The lowest BCUT2D eigenvalue weighted by atomic mass is 10.2. The molecule has 4 aliphatic rings. The maximum Gasteiger partial charge on any atom is 0.245 e. The average Bonchev–Trinajstić information content (AvgIpc) is 3.62. The number of hydrogen-bond donors (Lipinski definition) is 6. The molecule has 4 atom stereocenters. The van der Waals surface area contributed by atoms with Crippen LogP contribution < -0.4 is 32.7 Å². The molecule has 36 heavy (non-hydrogen) atoms. The Labute approximate surface area is 209 Å². The number of nitrogens with two attached hydrogens (primary N) is 2. The minimum Gasteiger partial charge on any atom is -0.368 e. The quantitative estimate of drug-likeness (QED) is 0.189. The molecule has 14 nitrogen and oxygen atoms in total. The maximum absolute atomic E-state index is 11.9. The molecule has 0 radical (unpaired) electrons. The van der Waals surface area contributed by atoms with E-state index in [0.717, 1.165) is 38.8 Å². The second kappa shape index (κ2) is 12.6. The molecule has 4 aliphatic heterocycles. The van der Waals surface area contributed by atoms with Gasteiger partial charge in [-0.05, 0) is 51.6 Å². The van der Waals surface area contributed by atoms with Crippen LogP contribution in [-0.4, -0.2) is 109 Å². The summed E-state index contributed by atoms with van der Waals surface area (Å²) in [5.74, 6) is -1.78. The van der Waals surface area contributed by atoms with Crippen LogP contribution in [0.3, 0.4) is 0 Å². The number of nitrogens with one attached hydrogen (secondary N) is 4. The lowest BCUT2D eigenvalue weighted by Gasteiger charge is -2.17. The van der Waals surface area contributed by atoms with Crippen LogP contribution in [-0.2, 0) is 28.8 Å². The average molecular weight is 509 g/mol. The van der Waals surface area contributed by atoms with Gasteiger partial charge in [-0.15, -0.1) is 0 Å². The van der Waals surface area contributed by atoms with Gasteiger partial charge in [0.25, 0.3) is 0 Å². The predicted octanol–water partition coefficient (Wildman–Crippen LogP) is -4.12. The van der Waals surface area contributed by atoms with Crippen LogP contribution in [0.4, 0.5) is 0 Å². The third kappa shape index (κ3) is 7.37. The Morgan fingerprint density at radius 3 is 1.42 bits per heavy atom. The Balaban J connectivity index is 0.000000201. The van der Waals surface area contributed by atoms with Crippen molar-refractivity contribution >= 4 is 35.4 Å². The van der Waals surface area contributed by atoms with E-state index < -0.39 is 23.9 Å². The number of carbonyl (C=O) groups is 6. The van der Waals surface area contributed by atoms with Crippen molar-refractivity contribution in [1.82, 2.24) is 31.1 Å². The fourth-order valence-electron chi connectivity index (χ4n) is 4.80. The van der Waals surface area contributed by atoms with Gasteiger partial charge in [-0.1, -0.05) is 0 Å². The lowest BCUT2D eigenvalue weighted by molar-refractivity contribution is -0.135. The van der Waals surface area contributed by atoms with E-state index in [-0.39, 0.29) is 48.8 Å². The first-order chi connectivity index (χ1) is 17.2. The van der Waals surface area contributed by atoms with Crippen molar-refractivity contribution in [2.75, 3.05) is 39.3 Å². The zero-order chi connectivity index (χ0) is 26.2. The van der Waals surface area contributed by atoms with Gasteiger partial charge in [0.15, 0.2) is 0 Å². The first-order valence-corrected chi connectivity index (χ1v) is 12.4. The molecule has 0 saturated carbocycles. The summed E-state index contributed by atoms with van der Waals surface area (Å²) in [6.45, 7) is 2.45. The third-order valence-electron chi connectivity index (χ3n) is 6.67. The topological polar surface area (TPSA) is 209 Å². The van der Waals surface area contributed by atoms with Gasteiger partial charge in [0.2, 0.25) is 35.4 Å². The van der Waals surface area contributed by atoms with Crippen molar-refractivity contribution in [1.29, 1.82) is 0 Å². The van der Waals surface area contributed by atoms with Crippen molar-refractivity contribution in [3.8, 4) is 0 Å². The van der Waals surface area contributed by atoms with Crippen molar-refractivity contribution in [3.63, 3.8) is 0 Å². The van der Waals surface area contributed by atoms with Gasteiger partial charge in [-0.3, -0.25) is 28.8 Å². The molecule has 200 valence electrons. The maximum atomic E-state index is 11.9. The minimum absolute atomic E-state index is 0.0765. The third-order valence-corrected chi connectivity index (χ3v) is 6.67. The summed E-state index contributed by atoms with van der Waals surface area (Å²) >= 11 is 0. The summed E-state index contributed by atoms with van der Waals surface area (Å²) in [5, 5.41) is 11.6. The van der Waals surface area contributed by atoms with Crippen LogP contribution in [0.25, 0.3) is 0 Å². The normalized spacial score (nSPS) is 27.6. The van der Waals surface area contributed by atoms with Crippen LogP contribution in [0.5, 0.6) is 0 Å². The van der Waals surface area contributed by atoms with Gasteiger partial charge in [-0.25, -0.2) is 0 Å². The zero-order valence-electron chi connectivity index (χ0n) is 20.3. The highest BCUT2D eigenvalue weighted by Crippen LogP contribution is 2.13. The Kier molecular flexibility index (Phi) is 9.58. The number of rotatable bonds is 8. The van der Waals surface area contributed by atoms with Gasteiger partial charge in [0, 0.05) is 13.1 Å². The van der Waals surface area contributed by atoms with E-state index in [4.69, 9.17) is 11.5 Å².